The summed E-state index contributed by atoms with van der Waals surface area (Å²) < 4.78 is 5.39. The Morgan fingerprint density at radius 2 is 1.92 bits per heavy atom. The van der Waals surface area contributed by atoms with Crippen molar-refractivity contribution in [3.63, 3.8) is 0 Å². The van der Waals surface area contributed by atoms with Gasteiger partial charge in [-0.25, -0.2) is 9.59 Å². The molecule has 0 aromatic heterocycles. The minimum atomic E-state index is -0.544. The molecule has 0 unspecified atom stereocenters. The Morgan fingerprint density at radius 3 is 2.54 bits per heavy atom. The average molecular weight is 364 g/mol. The van der Waals surface area contributed by atoms with Crippen LogP contribution in [0.1, 0.15) is 40.5 Å². The molecule has 8 nitrogen and oxygen atoms in total. The smallest absolute Gasteiger partial charge is 0.410 e. The van der Waals surface area contributed by atoms with Gasteiger partial charge in [-0.1, -0.05) is 6.08 Å². The molecule has 8 heteroatoms. The van der Waals surface area contributed by atoms with E-state index in [-0.39, 0.29) is 30.1 Å². The van der Waals surface area contributed by atoms with Crippen molar-refractivity contribution >= 4 is 18.0 Å². The van der Waals surface area contributed by atoms with E-state index in [4.69, 9.17) is 4.74 Å². The fourth-order valence-electron chi connectivity index (χ4n) is 3.71. The van der Waals surface area contributed by atoms with Crippen LogP contribution in [-0.4, -0.2) is 71.2 Å². The normalized spacial score (nSPS) is 26.3. The summed E-state index contributed by atoms with van der Waals surface area (Å²) in [5.74, 6) is -0.148. The molecule has 0 aromatic rings. The van der Waals surface area contributed by atoms with E-state index in [0.29, 0.717) is 32.5 Å². The van der Waals surface area contributed by atoms with E-state index < -0.39 is 11.6 Å². The first-order chi connectivity index (χ1) is 12.1. The van der Waals surface area contributed by atoms with E-state index >= 15 is 0 Å². The number of carbonyl (C=O) groups excluding carboxylic acids is 3. The number of nitrogens with zero attached hydrogens (tertiary/aromatic N) is 2. The summed E-state index contributed by atoms with van der Waals surface area (Å²) in [4.78, 5) is 40.1. The van der Waals surface area contributed by atoms with Crippen molar-refractivity contribution in [3.8, 4) is 0 Å². The molecule has 0 spiro atoms. The quantitative estimate of drug-likeness (QED) is 0.721. The second-order valence-corrected chi connectivity index (χ2v) is 8.27. The first-order valence-corrected chi connectivity index (χ1v) is 9.18. The molecule has 0 aromatic carbocycles. The van der Waals surface area contributed by atoms with Crippen LogP contribution < -0.4 is 10.6 Å². The summed E-state index contributed by atoms with van der Waals surface area (Å²) in [6.45, 7) is 9.04. The molecule has 26 heavy (non-hydrogen) atoms. The third-order valence-corrected chi connectivity index (χ3v) is 4.91. The van der Waals surface area contributed by atoms with E-state index in [0.717, 1.165) is 5.57 Å². The van der Waals surface area contributed by atoms with Crippen LogP contribution in [0, 0.1) is 0 Å². The molecule has 0 radical (unpaired) electrons. The second kappa shape index (κ2) is 6.81. The van der Waals surface area contributed by atoms with Gasteiger partial charge >= 0.3 is 12.1 Å². The van der Waals surface area contributed by atoms with E-state index in [1.165, 1.54) is 0 Å². The Balaban J connectivity index is 1.52. The number of ether oxygens (including phenoxy) is 1. The van der Waals surface area contributed by atoms with Crippen molar-refractivity contribution in [2.24, 2.45) is 0 Å². The van der Waals surface area contributed by atoms with Gasteiger partial charge in [-0.05, 0) is 46.1 Å². The third kappa shape index (κ3) is 3.94. The summed E-state index contributed by atoms with van der Waals surface area (Å²) in [5, 5.41) is 5.89. The number of nitrogens with one attached hydrogen (secondary N) is 2. The summed E-state index contributed by atoms with van der Waals surface area (Å²) in [5.41, 5.74) is 0.379. The van der Waals surface area contributed by atoms with E-state index in [1.54, 1.807) is 9.80 Å². The van der Waals surface area contributed by atoms with Crippen LogP contribution in [0.3, 0.4) is 0 Å². The number of fused-ring (bicyclic) bond motifs is 2. The zero-order chi connectivity index (χ0) is 19.1. The third-order valence-electron chi connectivity index (χ3n) is 4.91. The van der Waals surface area contributed by atoms with Crippen molar-refractivity contribution in [1.82, 2.24) is 20.4 Å². The molecular weight excluding hydrogens is 336 g/mol. The maximum absolute atomic E-state index is 12.7. The van der Waals surface area contributed by atoms with E-state index in [9.17, 15) is 14.4 Å². The van der Waals surface area contributed by atoms with E-state index in [2.05, 4.69) is 10.6 Å². The van der Waals surface area contributed by atoms with E-state index in [1.807, 2.05) is 33.8 Å². The monoisotopic (exact) mass is 364 g/mol. The van der Waals surface area contributed by atoms with Crippen LogP contribution >= 0.6 is 0 Å². The molecule has 2 N–H and O–H groups in total. The lowest BCUT2D eigenvalue weighted by atomic mass is 9.98. The van der Waals surface area contributed by atoms with Gasteiger partial charge in [0, 0.05) is 25.7 Å². The largest absolute Gasteiger partial charge is 0.444 e. The van der Waals surface area contributed by atoms with Crippen LogP contribution in [0.4, 0.5) is 9.59 Å². The number of likely N-dealkylation sites (tertiary alicyclic amines) is 1. The Labute approximate surface area is 153 Å². The van der Waals surface area contributed by atoms with Crippen LogP contribution in [0.15, 0.2) is 11.6 Å². The SMILES string of the molecule is CC1=C[C@@H]2CN(C(=O)N2)[C@@H]1C(=O)NC1CCN(C(=O)OC(C)(C)C)CC1. The molecule has 2 atom stereocenters. The number of hydrogen-bond donors (Lipinski definition) is 2. The maximum Gasteiger partial charge on any atom is 0.410 e. The number of rotatable bonds is 2. The van der Waals surface area contributed by atoms with Crippen molar-refractivity contribution in [1.29, 1.82) is 0 Å². The first-order valence-electron chi connectivity index (χ1n) is 9.18. The summed E-state index contributed by atoms with van der Waals surface area (Å²) in [6, 6.07) is -0.735. The van der Waals surface area contributed by atoms with Crippen molar-refractivity contribution in [3.05, 3.63) is 11.6 Å². The van der Waals surface area contributed by atoms with Gasteiger partial charge in [0.05, 0.1) is 6.04 Å². The predicted molar refractivity (Wildman–Crippen MR) is 95.5 cm³/mol. The van der Waals surface area contributed by atoms with Gasteiger partial charge < -0.3 is 25.2 Å². The highest BCUT2D eigenvalue weighted by Crippen LogP contribution is 2.24. The highest BCUT2D eigenvalue weighted by atomic mass is 16.6. The van der Waals surface area contributed by atoms with Gasteiger partial charge in [-0.15, -0.1) is 0 Å². The molecule has 3 rings (SSSR count). The van der Waals surface area contributed by atoms with Crippen LogP contribution in [-0.2, 0) is 9.53 Å². The minimum absolute atomic E-state index is 0.00243. The molecule has 3 aliphatic heterocycles. The topological polar surface area (TPSA) is 91.0 Å². The molecule has 0 saturated carbocycles. The highest BCUT2D eigenvalue weighted by Gasteiger charge is 2.42. The average Bonchev–Trinajstić information content (AvgIpc) is 2.81. The highest BCUT2D eigenvalue weighted by molar-refractivity contribution is 5.92. The Bertz CT molecular complexity index is 632. The molecular formula is C18H28N4O4. The van der Waals surface area contributed by atoms with Gasteiger partial charge in [0.25, 0.3) is 0 Å². The molecule has 2 saturated heterocycles. The van der Waals surface area contributed by atoms with Gasteiger partial charge in [-0.3, -0.25) is 4.79 Å². The fourth-order valence-corrected chi connectivity index (χ4v) is 3.71. The van der Waals surface area contributed by atoms with Gasteiger partial charge in [0.1, 0.15) is 11.6 Å². The van der Waals surface area contributed by atoms with Gasteiger partial charge in [-0.2, -0.15) is 0 Å². The van der Waals surface area contributed by atoms with Crippen molar-refractivity contribution in [2.75, 3.05) is 19.6 Å². The summed E-state index contributed by atoms with van der Waals surface area (Å²) >= 11 is 0. The Hall–Kier alpha value is -2.25. The van der Waals surface area contributed by atoms with Crippen LogP contribution in [0.5, 0.6) is 0 Å². The molecule has 3 heterocycles. The van der Waals surface area contributed by atoms with Crippen molar-refractivity contribution in [2.45, 2.75) is 64.3 Å². The maximum atomic E-state index is 12.7. The zero-order valence-electron chi connectivity index (χ0n) is 15.9. The minimum Gasteiger partial charge on any atom is -0.444 e. The number of carbonyl (C=O) groups is 3. The fraction of sp³-hybridized carbons (Fsp3) is 0.722. The van der Waals surface area contributed by atoms with Crippen LogP contribution in [0.2, 0.25) is 0 Å². The molecule has 2 fully saturated rings. The predicted octanol–water partition coefficient (Wildman–Crippen LogP) is 1.22. The first kappa shape index (κ1) is 18.5. The molecule has 3 aliphatic rings. The summed E-state index contributed by atoms with van der Waals surface area (Å²) in [6.07, 6.45) is 2.99. The lowest BCUT2D eigenvalue weighted by Crippen LogP contribution is -2.54. The number of amides is 4. The second-order valence-electron chi connectivity index (χ2n) is 8.27. The number of piperidine rings is 1. The molecule has 2 bridgehead atoms. The van der Waals surface area contributed by atoms with Crippen LogP contribution in [0.25, 0.3) is 0 Å². The lowest BCUT2D eigenvalue weighted by molar-refractivity contribution is -0.125. The van der Waals surface area contributed by atoms with Gasteiger partial charge in [0.15, 0.2) is 0 Å². The Kier molecular flexibility index (Phi) is 4.86. The Morgan fingerprint density at radius 1 is 1.27 bits per heavy atom. The van der Waals surface area contributed by atoms with Crippen molar-refractivity contribution < 1.29 is 19.1 Å². The molecule has 0 aliphatic carbocycles. The number of urea groups is 1. The number of hydrogen-bond acceptors (Lipinski definition) is 4. The summed E-state index contributed by atoms with van der Waals surface area (Å²) in [7, 11) is 0. The molecule has 4 amide bonds. The molecule has 144 valence electrons. The standard InChI is InChI=1S/C18H28N4O4/c1-11-9-13-10-22(16(24)20-13)14(11)15(23)19-12-5-7-21(8-6-12)17(25)26-18(2,3)4/h9,12-14H,5-8,10H2,1-4H3,(H,19,23)(H,20,24)/t13-,14+/m1/s1. The van der Waals surface area contributed by atoms with Gasteiger partial charge in [0.2, 0.25) is 5.91 Å². The zero-order valence-corrected chi connectivity index (χ0v) is 15.9. The lowest BCUT2D eigenvalue weighted by Gasteiger charge is -2.35.